The van der Waals surface area contributed by atoms with Gasteiger partial charge in [-0.2, -0.15) is 0 Å². The third kappa shape index (κ3) is 11.1. The largest absolute Gasteiger partial charge is 0.454 e. The predicted octanol–water partition coefficient (Wildman–Crippen LogP) is 32.2. The lowest BCUT2D eigenvalue weighted by atomic mass is 9.94. The van der Waals surface area contributed by atoms with E-state index in [1.807, 2.05) is 12.1 Å². The number of aromatic nitrogens is 2. The molecule has 0 spiro atoms. The van der Waals surface area contributed by atoms with Crippen LogP contribution in [-0.2, 0) is 0 Å². The van der Waals surface area contributed by atoms with E-state index in [2.05, 4.69) is 444 Å². The Hall–Kier alpha value is -16.0. The summed E-state index contributed by atoms with van der Waals surface area (Å²) in [6.07, 6.45) is 0. The molecule has 0 bridgehead atoms. The van der Waals surface area contributed by atoms with E-state index >= 15 is 0 Å². The fourth-order valence-electron chi connectivity index (χ4n) is 19.2. The first kappa shape index (κ1) is 68.4. The lowest BCUT2D eigenvalue weighted by Gasteiger charge is -2.26. The molecule has 0 radical (unpaired) electrons. The number of nitrogens with zero attached hydrogens (tertiary/aromatic N) is 4. The zero-order valence-corrected chi connectivity index (χ0v) is 65.2. The summed E-state index contributed by atoms with van der Waals surface area (Å²) in [5.74, 6) is 0. The summed E-state index contributed by atoms with van der Waals surface area (Å²) in [7, 11) is 0. The summed E-state index contributed by atoms with van der Waals surface area (Å²) in [6.45, 7) is 0. The van der Waals surface area contributed by atoms with Gasteiger partial charge in [0, 0.05) is 77.2 Å². The molecule has 0 amide bonds. The lowest BCUT2D eigenvalue weighted by Crippen LogP contribution is -2.10. The first-order valence-electron chi connectivity index (χ1n) is 41.1. The van der Waals surface area contributed by atoms with Gasteiger partial charge in [0.2, 0.25) is 0 Å². The first-order chi connectivity index (χ1) is 59.5. The minimum absolute atomic E-state index is 0.862. The predicted molar refractivity (Wildman–Crippen MR) is 507 cm³/mol. The van der Waals surface area contributed by atoms with Gasteiger partial charge >= 0.3 is 0 Å². The van der Waals surface area contributed by atoms with Crippen molar-refractivity contribution in [1.82, 2.24) is 9.13 Å². The third-order valence-corrected chi connectivity index (χ3v) is 24.7. The molecular weight excluding hydrogens is 1460 g/mol. The van der Waals surface area contributed by atoms with E-state index in [1.54, 1.807) is 0 Å². The number of para-hydroxylation sites is 7. The molecule has 6 nitrogen and oxygen atoms in total. The van der Waals surface area contributed by atoms with E-state index in [9.17, 15) is 0 Å². The molecule has 4 aromatic heterocycles. The van der Waals surface area contributed by atoms with E-state index in [4.69, 9.17) is 8.83 Å². The maximum Gasteiger partial charge on any atom is 0.159 e. The van der Waals surface area contributed by atoms with Crippen LogP contribution in [0.3, 0.4) is 0 Å². The van der Waals surface area contributed by atoms with Crippen LogP contribution in [0.25, 0.3) is 197 Å². The second kappa shape index (κ2) is 27.9. The Bertz CT molecular complexity index is 8340. The van der Waals surface area contributed by atoms with Crippen molar-refractivity contribution < 1.29 is 8.83 Å². The fourth-order valence-corrected chi connectivity index (χ4v) is 19.2. The molecule has 120 heavy (non-hydrogen) atoms. The van der Waals surface area contributed by atoms with Gasteiger partial charge < -0.3 is 27.8 Å². The Morgan fingerprint density at radius 1 is 0.158 bits per heavy atom. The van der Waals surface area contributed by atoms with Crippen molar-refractivity contribution in [2.75, 3.05) is 9.80 Å². The van der Waals surface area contributed by atoms with Gasteiger partial charge in [0.15, 0.2) is 11.2 Å². The second-order valence-electron chi connectivity index (χ2n) is 31.3. The molecule has 25 aromatic rings. The molecular formula is C114H72N4O2. The summed E-state index contributed by atoms with van der Waals surface area (Å²) < 4.78 is 18.2. The molecule has 0 aliphatic rings. The van der Waals surface area contributed by atoms with E-state index in [1.165, 1.54) is 131 Å². The number of hydrogen-bond acceptors (Lipinski definition) is 4. The third-order valence-electron chi connectivity index (χ3n) is 24.7. The van der Waals surface area contributed by atoms with Crippen LogP contribution in [0.4, 0.5) is 34.1 Å². The van der Waals surface area contributed by atoms with Gasteiger partial charge in [-0.25, -0.2) is 0 Å². The Morgan fingerprint density at radius 3 is 0.825 bits per heavy atom. The highest BCUT2D eigenvalue weighted by atomic mass is 16.3. The van der Waals surface area contributed by atoms with E-state index in [-0.39, 0.29) is 0 Å². The average molecular weight is 1530 g/mol. The Balaban J connectivity index is 0.000000137. The van der Waals surface area contributed by atoms with Crippen LogP contribution in [0.5, 0.6) is 0 Å². The van der Waals surface area contributed by atoms with E-state index in [0.29, 0.717) is 0 Å². The highest BCUT2D eigenvalue weighted by Gasteiger charge is 2.25. The number of fused-ring (bicyclic) bond motifs is 24. The Labute approximate surface area is 690 Å². The number of rotatable bonds is 11. The van der Waals surface area contributed by atoms with Crippen molar-refractivity contribution in [1.29, 1.82) is 0 Å². The first-order valence-corrected chi connectivity index (χ1v) is 41.1. The lowest BCUT2D eigenvalue weighted by molar-refractivity contribution is 0.668. The normalized spacial score (nSPS) is 11.8. The molecule has 0 saturated carbocycles. The van der Waals surface area contributed by atoms with Gasteiger partial charge in [-0.3, -0.25) is 0 Å². The van der Waals surface area contributed by atoms with Crippen molar-refractivity contribution in [2.45, 2.75) is 0 Å². The van der Waals surface area contributed by atoms with Gasteiger partial charge in [-0.15, -0.1) is 0 Å². The standard InChI is InChI=1S/C60H38N2O.C54H34N2O/c1-3-14-39(15-4-1)41-28-34-56-54(36-41)55-37-42(29-35-57(55)62(56)43-16-5-2-6-17-43)40-26-30-44(31-27-40)61(58-24-13-23-52-51-22-11-12-25-59(51)63-60(52)58)45-32-33-50-48-20-8-7-18-46(48)47-19-9-10-21-49(47)53(50)38-45;1-2-13-37(14-3-1)56-50-22-10-8-19-45(50)49-33-36(27-32-51(49)56)35-25-28-38(29-26-35)55(52-23-12-21-47-46-20-9-11-24-53(46)57-54(47)52)39-30-31-44-42-17-5-4-15-40(42)41-16-6-7-18-43(41)48(44)34-39/h1-38H;1-34H. The van der Waals surface area contributed by atoms with Gasteiger partial charge in [-0.1, -0.05) is 297 Å². The minimum Gasteiger partial charge on any atom is -0.454 e. The van der Waals surface area contributed by atoms with Crippen LogP contribution in [0, 0.1) is 0 Å². The molecule has 560 valence electrons. The van der Waals surface area contributed by atoms with Crippen LogP contribution in [-0.4, -0.2) is 9.13 Å². The van der Waals surface area contributed by atoms with E-state index in [0.717, 1.165) is 101 Å². The molecule has 0 fully saturated rings. The van der Waals surface area contributed by atoms with Crippen molar-refractivity contribution >= 4 is 186 Å². The van der Waals surface area contributed by atoms with Crippen LogP contribution in [0.1, 0.15) is 0 Å². The second-order valence-corrected chi connectivity index (χ2v) is 31.3. The summed E-state index contributed by atoms with van der Waals surface area (Å²) in [5, 5.41) is 24.4. The molecule has 0 unspecified atom stereocenters. The summed E-state index contributed by atoms with van der Waals surface area (Å²) in [6, 6.07) is 158. The molecule has 6 heteroatoms. The highest BCUT2D eigenvalue weighted by Crippen LogP contribution is 2.49. The molecule has 25 rings (SSSR count). The molecule has 21 aromatic carbocycles. The van der Waals surface area contributed by atoms with E-state index < -0.39 is 0 Å². The number of benzene rings is 21. The minimum atomic E-state index is 0.862. The maximum atomic E-state index is 6.72. The van der Waals surface area contributed by atoms with Crippen molar-refractivity contribution in [2.24, 2.45) is 0 Å². The number of hydrogen-bond donors (Lipinski definition) is 0. The summed E-state index contributed by atoms with van der Waals surface area (Å²) in [4.78, 5) is 4.72. The van der Waals surface area contributed by atoms with Crippen molar-refractivity contribution in [3.63, 3.8) is 0 Å². The fraction of sp³-hybridized carbons (Fsp3) is 0. The molecule has 0 atom stereocenters. The van der Waals surface area contributed by atoms with Crippen molar-refractivity contribution in [3.8, 4) is 44.8 Å². The van der Waals surface area contributed by atoms with Gasteiger partial charge in [-0.05, 0) is 238 Å². The molecule has 0 N–H and O–H groups in total. The Kier molecular flexibility index (Phi) is 15.9. The topological polar surface area (TPSA) is 42.6 Å². The quantitative estimate of drug-likeness (QED) is 0.121. The average Bonchev–Trinajstić information content (AvgIpc) is 1.43. The smallest absolute Gasteiger partial charge is 0.159 e. The van der Waals surface area contributed by atoms with Crippen LogP contribution in [0.2, 0.25) is 0 Å². The summed E-state index contributed by atoms with van der Waals surface area (Å²) in [5.41, 5.74) is 23.9. The molecule has 0 aliphatic heterocycles. The maximum absolute atomic E-state index is 6.72. The number of anilines is 6. The zero-order chi connectivity index (χ0) is 78.9. The van der Waals surface area contributed by atoms with Crippen LogP contribution >= 0.6 is 0 Å². The van der Waals surface area contributed by atoms with Crippen LogP contribution < -0.4 is 9.80 Å². The Morgan fingerprint density at radius 2 is 0.433 bits per heavy atom. The SMILES string of the molecule is c1ccc(-c2ccc3c(c2)c2cc(-c4ccc(N(c5ccc6c7ccccc7c7ccccc7c6c5)c5cccc6c5oc5ccccc56)cc4)ccc2n3-c2ccccc2)cc1.c1ccc(-n2c3ccccc3c3cc(-c4ccc(N(c5ccc6c7ccccc7c7ccccc7c6c5)c5cccc6c5oc5ccccc56)cc4)ccc32)cc1. The van der Waals surface area contributed by atoms with Crippen LogP contribution in [0.15, 0.2) is 446 Å². The summed E-state index contributed by atoms with van der Waals surface area (Å²) >= 11 is 0. The van der Waals surface area contributed by atoms with Crippen molar-refractivity contribution in [3.05, 3.63) is 437 Å². The number of furan rings is 2. The molecule has 0 aliphatic carbocycles. The highest BCUT2D eigenvalue weighted by molar-refractivity contribution is 6.28. The van der Waals surface area contributed by atoms with Gasteiger partial charge in [0.1, 0.15) is 11.2 Å². The molecule has 4 heterocycles. The monoisotopic (exact) mass is 1530 g/mol. The molecule has 0 saturated heterocycles. The zero-order valence-electron chi connectivity index (χ0n) is 65.2. The van der Waals surface area contributed by atoms with Gasteiger partial charge in [0.25, 0.3) is 0 Å². The van der Waals surface area contributed by atoms with Gasteiger partial charge in [0.05, 0.1) is 33.4 Å².